The molecule has 0 aliphatic carbocycles. The van der Waals surface area contributed by atoms with Crippen LogP contribution >= 0.6 is 11.6 Å². The van der Waals surface area contributed by atoms with Gasteiger partial charge in [-0.15, -0.1) is 0 Å². The molecular weight excluding hydrogens is 434 g/mol. The molecule has 2 aliphatic heterocycles. The Labute approximate surface area is 191 Å². The van der Waals surface area contributed by atoms with Crippen molar-refractivity contribution < 1.29 is 19.1 Å². The first-order chi connectivity index (χ1) is 15.5. The van der Waals surface area contributed by atoms with E-state index in [2.05, 4.69) is 15.3 Å². The number of hydrogen-bond acceptors (Lipinski definition) is 7. The molecule has 1 atom stereocenters. The van der Waals surface area contributed by atoms with Crippen molar-refractivity contribution in [1.82, 2.24) is 20.2 Å². The lowest BCUT2D eigenvalue weighted by Crippen LogP contribution is -2.49. The number of anilines is 1. The largest absolute Gasteiger partial charge is 0.481 e. The van der Waals surface area contributed by atoms with Crippen LogP contribution in [0, 0.1) is 0 Å². The van der Waals surface area contributed by atoms with Crippen molar-refractivity contribution in [2.24, 2.45) is 0 Å². The smallest absolute Gasteiger partial charge is 0.255 e. The van der Waals surface area contributed by atoms with Gasteiger partial charge in [0.25, 0.3) is 11.8 Å². The maximum Gasteiger partial charge on any atom is 0.255 e. The summed E-state index contributed by atoms with van der Waals surface area (Å²) in [5.41, 5.74) is 0.957. The molecule has 9 nitrogen and oxygen atoms in total. The number of pyridine rings is 2. The highest BCUT2D eigenvalue weighted by Crippen LogP contribution is 2.22. The van der Waals surface area contributed by atoms with Gasteiger partial charge >= 0.3 is 0 Å². The zero-order chi connectivity index (χ0) is 22.5. The van der Waals surface area contributed by atoms with Crippen LogP contribution in [-0.4, -0.2) is 79.2 Å². The number of aromatic nitrogens is 2. The number of ether oxygens (including phenoxy) is 2. The van der Waals surface area contributed by atoms with Crippen molar-refractivity contribution in [3.63, 3.8) is 0 Å². The van der Waals surface area contributed by atoms with Crippen LogP contribution in [0.2, 0.25) is 5.15 Å². The summed E-state index contributed by atoms with van der Waals surface area (Å²) in [5.74, 6) is 0.619. The van der Waals surface area contributed by atoms with Gasteiger partial charge in [0, 0.05) is 57.2 Å². The van der Waals surface area contributed by atoms with Crippen molar-refractivity contribution in [1.29, 1.82) is 0 Å². The molecule has 2 fully saturated rings. The fourth-order valence-corrected chi connectivity index (χ4v) is 4.14. The van der Waals surface area contributed by atoms with E-state index in [4.69, 9.17) is 21.1 Å². The van der Waals surface area contributed by atoms with Crippen LogP contribution in [-0.2, 0) is 4.74 Å². The second-order valence-electron chi connectivity index (χ2n) is 7.72. The first kappa shape index (κ1) is 22.3. The van der Waals surface area contributed by atoms with Crippen molar-refractivity contribution >= 4 is 29.2 Å². The van der Waals surface area contributed by atoms with Crippen LogP contribution in [0.25, 0.3) is 0 Å². The van der Waals surface area contributed by atoms with Gasteiger partial charge in [0.2, 0.25) is 5.88 Å². The summed E-state index contributed by atoms with van der Waals surface area (Å²) in [6.45, 7) is 3.35. The number of nitrogens with one attached hydrogen (secondary N) is 1. The lowest BCUT2D eigenvalue weighted by atomic mass is 10.1. The lowest BCUT2D eigenvalue weighted by molar-refractivity contribution is 0.0744. The molecule has 0 saturated carbocycles. The fourth-order valence-electron chi connectivity index (χ4n) is 3.94. The van der Waals surface area contributed by atoms with Crippen LogP contribution in [0.3, 0.4) is 0 Å². The van der Waals surface area contributed by atoms with E-state index in [9.17, 15) is 9.59 Å². The third kappa shape index (κ3) is 5.11. The van der Waals surface area contributed by atoms with E-state index in [1.165, 1.54) is 13.2 Å². The molecule has 2 aromatic rings. The Morgan fingerprint density at radius 1 is 1.28 bits per heavy atom. The maximum atomic E-state index is 12.9. The van der Waals surface area contributed by atoms with E-state index in [0.29, 0.717) is 55.5 Å². The zero-order valence-electron chi connectivity index (χ0n) is 17.9. The second kappa shape index (κ2) is 10.1. The lowest BCUT2D eigenvalue weighted by Gasteiger charge is -2.36. The summed E-state index contributed by atoms with van der Waals surface area (Å²) in [5, 5.41) is 3.17. The van der Waals surface area contributed by atoms with Gasteiger partial charge in [0.15, 0.2) is 0 Å². The van der Waals surface area contributed by atoms with Gasteiger partial charge in [0.05, 0.1) is 18.8 Å². The minimum atomic E-state index is -0.166. The first-order valence-electron chi connectivity index (χ1n) is 10.7. The summed E-state index contributed by atoms with van der Waals surface area (Å²) < 4.78 is 10.7. The number of carbonyl (C=O) groups is 2. The molecule has 2 aliphatic rings. The SMILES string of the molecule is COc1cc(C(=O)N2CCN(c3ncccc3C(=O)NC[C@H]3CCCO3)CC2)cc(Cl)n1. The van der Waals surface area contributed by atoms with Gasteiger partial charge in [0.1, 0.15) is 11.0 Å². The highest BCUT2D eigenvalue weighted by Gasteiger charge is 2.26. The van der Waals surface area contributed by atoms with E-state index in [0.717, 1.165) is 19.4 Å². The molecular formula is C22H26ClN5O4. The zero-order valence-corrected chi connectivity index (χ0v) is 18.7. The Morgan fingerprint density at radius 3 is 2.81 bits per heavy atom. The van der Waals surface area contributed by atoms with Crippen molar-refractivity contribution in [3.8, 4) is 5.88 Å². The third-order valence-electron chi connectivity index (χ3n) is 5.64. The van der Waals surface area contributed by atoms with Crippen molar-refractivity contribution in [3.05, 3.63) is 46.7 Å². The number of rotatable bonds is 6. The average molecular weight is 460 g/mol. The van der Waals surface area contributed by atoms with Gasteiger partial charge in [-0.1, -0.05) is 11.6 Å². The summed E-state index contributed by atoms with van der Waals surface area (Å²) >= 11 is 6.01. The molecule has 1 N–H and O–H groups in total. The van der Waals surface area contributed by atoms with Crippen molar-refractivity contribution in [2.45, 2.75) is 18.9 Å². The van der Waals surface area contributed by atoms with E-state index < -0.39 is 0 Å². The average Bonchev–Trinajstić information content (AvgIpc) is 3.35. The summed E-state index contributed by atoms with van der Waals surface area (Å²) in [4.78, 5) is 38.0. The van der Waals surface area contributed by atoms with Gasteiger partial charge in [-0.05, 0) is 31.0 Å². The van der Waals surface area contributed by atoms with E-state index in [-0.39, 0.29) is 23.1 Å². The summed E-state index contributed by atoms with van der Waals surface area (Å²) in [6, 6.07) is 6.64. The van der Waals surface area contributed by atoms with Crippen molar-refractivity contribution in [2.75, 3.05) is 51.3 Å². The number of carbonyl (C=O) groups excluding carboxylic acids is 2. The number of amides is 2. The van der Waals surface area contributed by atoms with Crippen LogP contribution in [0.4, 0.5) is 5.82 Å². The predicted octanol–water partition coefficient (Wildman–Crippen LogP) is 2.01. The normalized spacial score (nSPS) is 18.5. The van der Waals surface area contributed by atoms with E-state index in [1.54, 1.807) is 29.3 Å². The standard InChI is InChI=1S/C22H26ClN5O4/c1-31-19-13-15(12-18(23)26-19)22(30)28-9-7-27(8-10-28)20-17(5-2-6-24-20)21(29)25-14-16-4-3-11-32-16/h2,5-6,12-13,16H,3-4,7-11,14H2,1H3,(H,25,29)/t16-/m1/s1. The molecule has 4 rings (SSSR count). The van der Waals surface area contributed by atoms with Crippen LogP contribution in [0.15, 0.2) is 30.5 Å². The summed E-state index contributed by atoms with van der Waals surface area (Å²) in [6.07, 6.45) is 3.74. The monoisotopic (exact) mass is 459 g/mol. The maximum absolute atomic E-state index is 12.9. The topological polar surface area (TPSA) is 96.9 Å². The molecule has 0 bridgehead atoms. The fraction of sp³-hybridized carbons (Fsp3) is 0.455. The number of nitrogens with zero attached hydrogens (tertiary/aromatic N) is 4. The van der Waals surface area contributed by atoms with Crippen LogP contribution < -0.4 is 15.0 Å². The van der Waals surface area contributed by atoms with Gasteiger partial charge in [-0.25, -0.2) is 9.97 Å². The molecule has 2 aromatic heterocycles. The highest BCUT2D eigenvalue weighted by atomic mass is 35.5. The predicted molar refractivity (Wildman–Crippen MR) is 119 cm³/mol. The quantitative estimate of drug-likeness (QED) is 0.660. The second-order valence-corrected chi connectivity index (χ2v) is 8.11. The number of methoxy groups -OCH3 is 1. The number of hydrogen-bond donors (Lipinski definition) is 1. The Kier molecular flexibility index (Phi) is 7.06. The van der Waals surface area contributed by atoms with Gasteiger partial charge in [-0.2, -0.15) is 0 Å². The highest BCUT2D eigenvalue weighted by molar-refractivity contribution is 6.29. The Morgan fingerprint density at radius 2 is 2.09 bits per heavy atom. The molecule has 0 aromatic carbocycles. The van der Waals surface area contributed by atoms with Crippen LogP contribution in [0.5, 0.6) is 5.88 Å². The van der Waals surface area contributed by atoms with Gasteiger partial charge < -0.3 is 24.6 Å². The van der Waals surface area contributed by atoms with Crippen LogP contribution in [0.1, 0.15) is 33.6 Å². The molecule has 2 amide bonds. The molecule has 4 heterocycles. The minimum Gasteiger partial charge on any atom is -0.481 e. The molecule has 0 unspecified atom stereocenters. The molecule has 32 heavy (non-hydrogen) atoms. The molecule has 10 heteroatoms. The van der Waals surface area contributed by atoms with E-state index >= 15 is 0 Å². The summed E-state index contributed by atoms with van der Waals surface area (Å²) in [7, 11) is 1.48. The number of piperazine rings is 1. The van der Waals surface area contributed by atoms with Gasteiger partial charge in [-0.3, -0.25) is 9.59 Å². The third-order valence-corrected chi connectivity index (χ3v) is 5.83. The first-order valence-corrected chi connectivity index (χ1v) is 11.0. The molecule has 0 radical (unpaired) electrons. The Balaban J connectivity index is 1.39. The molecule has 0 spiro atoms. The number of halogens is 1. The Bertz CT molecular complexity index is 975. The van der Waals surface area contributed by atoms with E-state index in [1.807, 2.05) is 4.90 Å². The Hall–Kier alpha value is -2.91. The molecule has 170 valence electrons. The molecule has 2 saturated heterocycles. The minimum absolute atomic E-state index is 0.0777.